The van der Waals surface area contributed by atoms with Gasteiger partial charge in [0.05, 0.1) is 31.4 Å². The quantitative estimate of drug-likeness (QED) is 0.313. The second-order valence-electron chi connectivity index (χ2n) is 12.5. The third kappa shape index (κ3) is 4.90. The fourth-order valence-electron chi connectivity index (χ4n) is 6.84. The molecule has 2 aromatic carbocycles. The zero-order chi connectivity index (χ0) is 28.1. The minimum atomic E-state index is 0.213. The summed E-state index contributed by atoms with van der Waals surface area (Å²) in [5.41, 5.74) is 5.19. The van der Waals surface area contributed by atoms with Crippen molar-refractivity contribution in [2.75, 3.05) is 50.1 Å². The van der Waals surface area contributed by atoms with Gasteiger partial charge in [-0.25, -0.2) is 0 Å². The summed E-state index contributed by atoms with van der Waals surface area (Å²) in [6.45, 7) is 9.34. The van der Waals surface area contributed by atoms with Gasteiger partial charge in [0.25, 0.3) is 0 Å². The Kier molecular flexibility index (Phi) is 6.57. The monoisotopic (exact) mass is 552 g/mol. The highest BCUT2D eigenvalue weighted by molar-refractivity contribution is 5.97. The minimum Gasteiger partial charge on any atom is -0.463 e. The third-order valence-corrected chi connectivity index (χ3v) is 9.07. The van der Waals surface area contributed by atoms with Crippen molar-refractivity contribution in [3.05, 3.63) is 65.4 Å². The summed E-state index contributed by atoms with van der Waals surface area (Å²) in [5.74, 6) is 1.97. The molecule has 1 saturated carbocycles. The lowest BCUT2D eigenvalue weighted by Crippen LogP contribution is -2.39. The molecule has 2 aliphatic heterocycles. The predicted octanol–water partition coefficient (Wildman–Crippen LogP) is 4.65. The summed E-state index contributed by atoms with van der Waals surface area (Å²) in [6, 6.07) is 14.1. The third-order valence-electron chi connectivity index (χ3n) is 9.07. The summed E-state index contributed by atoms with van der Waals surface area (Å²) in [7, 11) is 4.27. The Morgan fingerprint density at radius 1 is 1.05 bits per heavy atom. The Morgan fingerprint density at radius 3 is 2.66 bits per heavy atom. The van der Waals surface area contributed by atoms with Crippen molar-refractivity contribution in [3.8, 4) is 6.01 Å². The van der Waals surface area contributed by atoms with Crippen molar-refractivity contribution in [2.24, 2.45) is 5.41 Å². The number of ether oxygens (including phenoxy) is 1. The molecule has 9 heteroatoms. The van der Waals surface area contributed by atoms with Gasteiger partial charge in [0.1, 0.15) is 12.1 Å². The van der Waals surface area contributed by atoms with Crippen LogP contribution in [0.4, 0.5) is 11.5 Å². The van der Waals surface area contributed by atoms with Crippen molar-refractivity contribution < 1.29 is 4.74 Å². The van der Waals surface area contributed by atoms with Crippen LogP contribution in [0.5, 0.6) is 6.01 Å². The van der Waals surface area contributed by atoms with Crippen LogP contribution in [0.2, 0.25) is 0 Å². The Balaban J connectivity index is 1.25. The van der Waals surface area contributed by atoms with Gasteiger partial charge >= 0.3 is 6.01 Å². The van der Waals surface area contributed by atoms with Gasteiger partial charge in [-0.05, 0) is 63.7 Å². The molecule has 0 bridgehead atoms. The van der Waals surface area contributed by atoms with Crippen LogP contribution in [-0.2, 0) is 25.9 Å². The SMILES string of the molecule is CCc1cccc2cccc(N3CCc4c(nc(OCC5(CN(C)C)CC5)nc4N4Cc5nncn5C(C)C4)C3)c12. The molecule has 41 heavy (non-hydrogen) atoms. The maximum absolute atomic E-state index is 6.43. The van der Waals surface area contributed by atoms with Gasteiger partial charge in [0.2, 0.25) is 0 Å². The van der Waals surface area contributed by atoms with Crippen LogP contribution < -0.4 is 14.5 Å². The molecular formula is C32H40N8O. The van der Waals surface area contributed by atoms with E-state index in [1.165, 1.54) is 40.4 Å². The van der Waals surface area contributed by atoms with Crippen molar-refractivity contribution >= 4 is 22.3 Å². The lowest BCUT2D eigenvalue weighted by Gasteiger charge is -2.37. The summed E-state index contributed by atoms with van der Waals surface area (Å²) in [5, 5.41) is 11.2. The van der Waals surface area contributed by atoms with E-state index in [-0.39, 0.29) is 11.5 Å². The number of aryl methyl sites for hydroxylation is 1. The number of nitrogens with zero attached hydrogens (tertiary/aromatic N) is 8. The van der Waals surface area contributed by atoms with Gasteiger partial charge in [-0.3, -0.25) is 0 Å². The van der Waals surface area contributed by atoms with Gasteiger partial charge < -0.3 is 24.0 Å². The summed E-state index contributed by atoms with van der Waals surface area (Å²) >= 11 is 0. The zero-order valence-corrected chi connectivity index (χ0v) is 24.7. The summed E-state index contributed by atoms with van der Waals surface area (Å²) < 4.78 is 8.61. The topological polar surface area (TPSA) is 75.4 Å². The lowest BCUT2D eigenvalue weighted by molar-refractivity contribution is 0.182. The number of aromatic nitrogens is 5. The molecule has 214 valence electrons. The molecule has 9 nitrogen and oxygen atoms in total. The summed E-state index contributed by atoms with van der Waals surface area (Å²) in [4.78, 5) is 17.3. The highest BCUT2D eigenvalue weighted by atomic mass is 16.5. The molecule has 1 unspecified atom stereocenters. The molecule has 1 fully saturated rings. The first-order valence-electron chi connectivity index (χ1n) is 15.0. The Labute approximate surface area is 242 Å². The predicted molar refractivity (Wildman–Crippen MR) is 162 cm³/mol. The number of fused-ring (bicyclic) bond motifs is 3. The highest BCUT2D eigenvalue weighted by Gasteiger charge is 2.44. The molecule has 7 rings (SSSR count). The van der Waals surface area contributed by atoms with Crippen LogP contribution in [0.1, 0.15) is 55.4 Å². The van der Waals surface area contributed by atoms with Gasteiger partial charge in [-0.2, -0.15) is 9.97 Å². The Bertz CT molecular complexity index is 1570. The van der Waals surface area contributed by atoms with Crippen LogP contribution >= 0.6 is 0 Å². The molecule has 0 amide bonds. The number of benzene rings is 2. The first kappa shape index (κ1) is 26.2. The van der Waals surface area contributed by atoms with E-state index in [1.807, 2.05) is 6.33 Å². The van der Waals surface area contributed by atoms with Crippen LogP contribution in [0.3, 0.4) is 0 Å². The maximum atomic E-state index is 6.43. The second kappa shape index (κ2) is 10.3. The van der Waals surface area contributed by atoms with Gasteiger partial charge in [0, 0.05) is 41.7 Å². The van der Waals surface area contributed by atoms with Crippen LogP contribution in [0.15, 0.2) is 42.7 Å². The molecule has 1 atom stereocenters. The van der Waals surface area contributed by atoms with Crippen LogP contribution in [0.25, 0.3) is 10.8 Å². The van der Waals surface area contributed by atoms with E-state index < -0.39 is 0 Å². The smallest absolute Gasteiger partial charge is 0.318 e. The van der Waals surface area contributed by atoms with Crippen molar-refractivity contribution in [2.45, 2.75) is 58.7 Å². The standard InChI is InChI=1S/C32H40N8O/c1-5-23-8-6-9-24-10-7-11-27(29(23)24)38-15-12-25-26(17-38)34-31(41-20-32(13-14-32)19-37(3)4)35-30(25)39-16-22(2)40-21-33-36-28(40)18-39/h6-11,21-22H,5,12-20H2,1-4H3. The highest BCUT2D eigenvalue weighted by Crippen LogP contribution is 2.46. The van der Waals surface area contributed by atoms with E-state index in [0.717, 1.165) is 56.4 Å². The average Bonchev–Trinajstić information content (AvgIpc) is 3.56. The van der Waals surface area contributed by atoms with Crippen LogP contribution in [-0.4, -0.2) is 70.0 Å². The molecular weight excluding hydrogens is 512 g/mol. The Hall–Kier alpha value is -3.72. The molecule has 0 spiro atoms. The normalized spacial score (nSPS) is 19.4. The molecule has 4 aromatic rings. The van der Waals surface area contributed by atoms with E-state index in [1.54, 1.807) is 0 Å². The molecule has 0 N–H and O–H groups in total. The minimum absolute atomic E-state index is 0.213. The molecule has 2 aromatic heterocycles. The fourth-order valence-corrected chi connectivity index (χ4v) is 6.84. The number of anilines is 2. The van der Waals surface area contributed by atoms with Crippen molar-refractivity contribution in [1.82, 2.24) is 29.6 Å². The van der Waals surface area contributed by atoms with E-state index in [2.05, 4.69) is 93.8 Å². The number of rotatable bonds is 8. The molecule has 3 aliphatic rings. The fraction of sp³-hybridized carbons (Fsp3) is 0.500. The van der Waals surface area contributed by atoms with Gasteiger partial charge in [-0.1, -0.05) is 37.3 Å². The maximum Gasteiger partial charge on any atom is 0.318 e. The lowest BCUT2D eigenvalue weighted by atomic mass is 9.98. The Morgan fingerprint density at radius 2 is 1.88 bits per heavy atom. The number of hydrogen-bond acceptors (Lipinski definition) is 8. The van der Waals surface area contributed by atoms with E-state index in [0.29, 0.717) is 19.2 Å². The molecule has 0 radical (unpaired) electrons. The van der Waals surface area contributed by atoms with Crippen molar-refractivity contribution in [1.29, 1.82) is 0 Å². The van der Waals surface area contributed by atoms with E-state index >= 15 is 0 Å². The molecule has 1 aliphatic carbocycles. The van der Waals surface area contributed by atoms with Gasteiger partial charge in [0.15, 0.2) is 5.82 Å². The molecule has 0 saturated heterocycles. The largest absolute Gasteiger partial charge is 0.463 e. The van der Waals surface area contributed by atoms with Crippen LogP contribution in [0, 0.1) is 5.41 Å². The van der Waals surface area contributed by atoms with Gasteiger partial charge in [-0.15, -0.1) is 10.2 Å². The first-order chi connectivity index (χ1) is 19.9. The average molecular weight is 553 g/mol. The summed E-state index contributed by atoms with van der Waals surface area (Å²) in [6.07, 6.45) is 6.12. The number of hydrogen-bond donors (Lipinski definition) is 0. The molecule has 4 heterocycles. The van der Waals surface area contributed by atoms with Crippen molar-refractivity contribution in [3.63, 3.8) is 0 Å². The van der Waals surface area contributed by atoms with E-state index in [4.69, 9.17) is 14.7 Å². The zero-order valence-electron chi connectivity index (χ0n) is 24.7. The first-order valence-corrected chi connectivity index (χ1v) is 15.0. The second-order valence-corrected chi connectivity index (χ2v) is 12.5. The van der Waals surface area contributed by atoms with E-state index in [9.17, 15) is 0 Å².